The van der Waals surface area contributed by atoms with E-state index in [-0.39, 0.29) is 5.69 Å². The molecule has 0 aromatic heterocycles. The first kappa shape index (κ1) is 14.1. The van der Waals surface area contributed by atoms with Crippen molar-refractivity contribution in [2.24, 2.45) is 10.2 Å². The van der Waals surface area contributed by atoms with E-state index < -0.39 is 5.23 Å². The van der Waals surface area contributed by atoms with Gasteiger partial charge < -0.3 is 10.1 Å². The zero-order valence-corrected chi connectivity index (χ0v) is 11.3. The quantitative estimate of drug-likeness (QED) is 0.663. The SMILES string of the molecule is CN(C)c1ccc(N=Nc2ccc([NH+]([O-])O)cc2)cc1. The van der Waals surface area contributed by atoms with E-state index in [0.29, 0.717) is 5.69 Å². The Balaban J connectivity index is 2.08. The summed E-state index contributed by atoms with van der Waals surface area (Å²) in [6.07, 6.45) is 0. The van der Waals surface area contributed by atoms with Gasteiger partial charge >= 0.3 is 0 Å². The standard InChI is InChI=1S/C14H16N4O2/c1-17(2)13-7-3-11(4-8-13)15-16-12-5-9-14(10-6-12)18(19)20/h3-10,18-19H,1-2H3. The van der Waals surface area contributed by atoms with E-state index in [1.807, 2.05) is 43.3 Å². The fraction of sp³-hybridized carbons (Fsp3) is 0.143. The molecule has 0 aliphatic heterocycles. The predicted octanol–water partition coefficient (Wildman–Crippen LogP) is 2.57. The van der Waals surface area contributed by atoms with Gasteiger partial charge in [0.1, 0.15) is 0 Å². The smallest absolute Gasteiger partial charge is 0.163 e. The van der Waals surface area contributed by atoms with Crippen molar-refractivity contribution in [1.82, 2.24) is 0 Å². The second kappa shape index (κ2) is 6.25. The number of benzene rings is 2. The van der Waals surface area contributed by atoms with E-state index in [4.69, 9.17) is 5.21 Å². The Morgan fingerprint density at radius 3 is 1.75 bits per heavy atom. The van der Waals surface area contributed by atoms with Crippen LogP contribution in [0.5, 0.6) is 0 Å². The van der Waals surface area contributed by atoms with Gasteiger partial charge in [-0.2, -0.15) is 15.5 Å². The molecule has 6 nitrogen and oxygen atoms in total. The topological polar surface area (TPSA) is 75.7 Å². The molecule has 1 atom stereocenters. The number of nitrogens with zero attached hydrogens (tertiary/aromatic N) is 3. The molecule has 0 fully saturated rings. The van der Waals surface area contributed by atoms with Gasteiger partial charge in [0, 0.05) is 31.9 Å². The number of quaternary nitrogens is 1. The maximum atomic E-state index is 10.7. The van der Waals surface area contributed by atoms with Crippen LogP contribution in [0.15, 0.2) is 58.8 Å². The summed E-state index contributed by atoms with van der Waals surface area (Å²) in [6.45, 7) is 0. The molecule has 0 aliphatic rings. The van der Waals surface area contributed by atoms with Gasteiger partial charge in [-0.3, -0.25) is 0 Å². The molecule has 0 saturated carbocycles. The lowest BCUT2D eigenvalue weighted by Gasteiger charge is -2.11. The lowest BCUT2D eigenvalue weighted by molar-refractivity contribution is -0.991. The Bertz CT molecular complexity index is 524. The molecule has 0 saturated heterocycles. The van der Waals surface area contributed by atoms with E-state index in [1.165, 1.54) is 12.1 Å². The Morgan fingerprint density at radius 1 is 0.900 bits per heavy atom. The summed E-state index contributed by atoms with van der Waals surface area (Å²) in [5, 5.41) is 26.7. The van der Waals surface area contributed by atoms with E-state index in [0.717, 1.165) is 11.4 Å². The monoisotopic (exact) mass is 272 g/mol. The van der Waals surface area contributed by atoms with E-state index in [2.05, 4.69) is 10.2 Å². The third-order valence-corrected chi connectivity index (χ3v) is 2.76. The normalized spacial score (nSPS) is 12.6. The maximum Gasteiger partial charge on any atom is 0.163 e. The van der Waals surface area contributed by atoms with Crippen LogP contribution in [0.3, 0.4) is 0 Å². The van der Waals surface area contributed by atoms with Gasteiger partial charge in [0.15, 0.2) is 5.69 Å². The minimum absolute atomic E-state index is 0.235. The second-order valence-electron chi connectivity index (χ2n) is 4.46. The Kier molecular flexibility index (Phi) is 4.41. The predicted molar refractivity (Wildman–Crippen MR) is 77.2 cm³/mol. The van der Waals surface area contributed by atoms with Gasteiger partial charge in [-0.1, -0.05) is 0 Å². The third-order valence-electron chi connectivity index (χ3n) is 2.76. The lowest BCUT2D eigenvalue weighted by atomic mass is 10.3. The fourth-order valence-corrected chi connectivity index (χ4v) is 1.60. The average Bonchev–Trinajstić information content (AvgIpc) is 2.46. The zero-order chi connectivity index (χ0) is 14.5. The molecule has 20 heavy (non-hydrogen) atoms. The summed E-state index contributed by atoms with van der Waals surface area (Å²) < 4.78 is 0. The number of azo groups is 1. The molecule has 104 valence electrons. The molecule has 2 N–H and O–H groups in total. The van der Waals surface area contributed by atoms with Gasteiger partial charge in [0.2, 0.25) is 0 Å². The lowest BCUT2D eigenvalue weighted by Crippen LogP contribution is -2.99. The van der Waals surface area contributed by atoms with Crippen molar-refractivity contribution in [2.75, 3.05) is 19.0 Å². The highest BCUT2D eigenvalue weighted by molar-refractivity contribution is 5.52. The first-order chi connectivity index (χ1) is 9.56. The van der Waals surface area contributed by atoms with Crippen LogP contribution >= 0.6 is 0 Å². The van der Waals surface area contributed by atoms with Crippen molar-refractivity contribution in [1.29, 1.82) is 0 Å². The van der Waals surface area contributed by atoms with Crippen LogP contribution in [-0.4, -0.2) is 19.3 Å². The Morgan fingerprint density at radius 2 is 1.35 bits per heavy atom. The summed E-state index contributed by atoms with van der Waals surface area (Å²) in [5.74, 6) is 0. The van der Waals surface area contributed by atoms with Crippen LogP contribution in [0.4, 0.5) is 22.7 Å². The summed E-state index contributed by atoms with van der Waals surface area (Å²) >= 11 is 0. The minimum Gasteiger partial charge on any atom is -0.595 e. The highest BCUT2D eigenvalue weighted by atomic mass is 16.8. The van der Waals surface area contributed by atoms with Crippen molar-refractivity contribution < 1.29 is 10.4 Å². The zero-order valence-electron chi connectivity index (χ0n) is 11.3. The van der Waals surface area contributed by atoms with E-state index in [9.17, 15) is 5.21 Å². The Labute approximate surface area is 117 Å². The Hall–Kier alpha value is -2.28. The highest BCUT2D eigenvalue weighted by Gasteiger charge is 1.99. The van der Waals surface area contributed by atoms with Gasteiger partial charge in [0.25, 0.3) is 0 Å². The highest BCUT2D eigenvalue weighted by Crippen LogP contribution is 2.21. The number of anilines is 1. The molecule has 1 unspecified atom stereocenters. The maximum absolute atomic E-state index is 10.7. The van der Waals surface area contributed by atoms with Gasteiger partial charge in [-0.25, -0.2) is 5.21 Å². The van der Waals surface area contributed by atoms with Gasteiger partial charge in [-0.05, 0) is 36.4 Å². The van der Waals surface area contributed by atoms with Crippen LogP contribution < -0.4 is 10.1 Å². The molecule has 0 amide bonds. The average molecular weight is 272 g/mol. The van der Waals surface area contributed by atoms with Crippen molar-refractivity contribution in [3.05, 3.63) is 53.7 Å². The second-order valence-corrected chi connectivity index (χ2v) is 4.46. The van der Waals surface area contributed by atoms with Crippen molar-refractivity contribution >= 4 is 22.7 Å². The summed E-state index contributed by atoms with van der Waals surface area (Å²) in [5.41, 5.74) is 2.69. The minimum atomic E-state index is -0.951. The number of rotatable bonds is 4. The van der Waals surface area contributed by atoms with Crippen molar-refractivity contribution in [2.45, 2.75) is 0 Å². The fourth-order valence-electron chi connectivity index (χ4n) is 1.60. The number of hydrogen-bond donors (Lipinski definition) is 2. The molecule has 2 aromatic rings. The molecule has 0 heterocycles. The number of nitrogens with one attached hydrogen (secondary N) is 1. The molecule has 2 aromatic carbocycles. The van der Waals surface area contributed by atoms with Gasteiger partial charge in [0.05, 0.1) is 11.4 Å². The molecular weight excluding hydrogens is 256 g/mol. The van der Waals surface area contributed by atoms with E-state index >= 15 is 0 Å². The molecule has 0 spiro atoms. The van der Waals surface area contributed by atoms with Crippen LogP contribution in [0, 0.1) is 5.21 Å². The molecule has 0 bridgehead atoms. The van der Waals surface area contributed by atoms with E-state index in [1.54, 1.807) is 12.1 Å². The first-order valence-corrected chi connectivity index (χ1v) is 6.09. The van der Waals surface area contributed by atoms with Crippen LogP contribution in [0.2, 0.25) is 0 Å². The summed E-state index contributed by atoms with van der Waals surface area (Å²) in [7, 11) is 3.95. The molecule has 2 rings (SSSR count). The van der Waals surface area contributed by atoms with Crippen LogP contribution in [0.25, 0.3) is 0 Å². The van der Waals surface area contributed by atoms with Crippen molar-refractivity contribution in [3.8, 4) is 0 Å². The molecule has 0 aliphatic carbocycles. The largest absolute Gasteiger partial charge is 0.595 e. The molecule has 0 radical (unpaired) electrons. The van der Waals surface area contributed by atoms with Crippen molar-refractivity contribution in [3.63, 3.8) is 0 Å². The van der Waals surface area contributed by atoms with Crippen LogP contribution in [-0.2, 0) is 0 Å². The van der Waals surface area contributed by atoms with Gasteiger partial charge in [-0.15, -0.1) is 0 Å². The van der Waals surface area contributed by atoms with Crippen LogP contribution in [0.1, 0.15) is 0 Å². The first-order valence-electron chi connectivity index (χ1n) is 6.09. The molecule has 6 heteroatoms. The summed E-state index contributed by atoms with van der Waals surface area (Å²) in [4.78, 5) is 2.01. The summed E-state index contributed by atoms with van der Waals surface area (Å²) in [6, 6.07) is 13.9. The number of hydrogen-bond acceptors (Lipinski definition) is 5. The third kappa shape index (κ3) is 3.61. The molecular formula is C14H16N4O2.